The van der Waals surface area contributed by atoms with E-state index in [4.69, 9.17) is 14.3 Å². The van der Waals surface area contributed by atoms with Gasteiger partial charge in [0.1, 0.15) is 19.2 Å². The van der Waals surface area contributed by atoms with Gasteiger partial charge in [-0.2, -0.15) is 0 Å². The van der Waals surface area contributed by atoms with Gasteiger partial charge >= 0.3 is 5.97 Å². The van der Waals surface area contributed by atoms with Crippen LogP contribution in [0.15, 0.2) is 11.5 Å². The van der Waals surface area contributed by atoms with Crippen molar-refractivity contribution in [3.63, 3.8) is 0 Å². The normalized spacial score (nSPS) is 11.3. The van der Waals surface area contributed by atoms with Crippen molar-refractivity contribution >= 4 is 11.7 Å². The van der Waals surface area contributed by atoms with Gasteiger partial charge in [0.2, 0.25) is 5.88 Å². The summed E-state index contributed by atoms with van der Waals surface area (Å²) < 4.78 is 11.1. The third kappa shape index (κ3) is 3.77. The number of nitrogens with zero attached hydrogens (tertiary/aromatic N) is 3. The van der Waals surface area contributed by atoms with Gasteiger partial charge in [-0.3, -0.25) is 0 Å². The number of carbonyl (C=O) groups excluding carboxylic acids is 1. The molecule has 7 nitrogen and oxygen atoms in total. The fourth-order valence-corrected chi connectivity index (χ4v) is 2.78. The smallest absolute Gasteiger partial charge is 0.360 e. The molecule has 0 unspecified atom stereocenters. The molecular formula is C20H25N3O4. The Morgan fingerprint density at radius 2 is 1.52 bits per heavy atom. The Hall–Kier alpha value is -2.96. The highest BCUT2D eigenvalue weighted by Gasteiger charge is 2.27. The first-order valence-corrected chi connectivity index (χ1v) is 8.50. The summed E-state index contributed by atoms with van der Waals surface area (Å²) in [7, 11) is 2.68. The van der Waals surface area contributed by atoms with Gasteiger partial charge in [0.25, 0.3) is 0 Å². The minimum Gasteiger partial charge on any atom is -0.464 e. The van der Waals surface area contributed by atoms with Crippen LogP contribution in [0.25, 0.3) is 0 Å². The fraction of sp³-hybridized carbons (Fsp3) is 0.400. The molecule has 0 aliphatic heterocycles. The zero-order valence-electron chi connectivity index (χ0n) is 17.1. The van der Waals surface area contributed by atoms with E-state index < -0.39 is 5.97 Å². The zero-order valence-corrected chi connectivity index (χ0v) is 17.1. The van der Waals surface area contributed by atoms with Crippen molar-refractivity contribution in [2.75, 3.05) is 14.2 Å². The third-order valence-corrected chi connectivity index (χ3v) is 4.92. The number of oxime groups is 1. The first-order valence-electron chi connectivity index (χ1n) is 8.50. The number of esters is 1. The lowest BCUT2D eigenvalue weighted by atomic mass is 9.91. The van der Waals surface area contributed by atoms with Gasteiger partial charge in [0.05, 0.1) is 12.7 Å². The Labute approximate surface area is 159 Å². The van der Waals surface area contributed by atoms with Crippen LogP contribution in [0.4, 0.5) is 0 Å². The molecule has 1 heterocycles. The summed E-state index contributed by atoms with van der Waals surface area (Å²) in [6.45, 7) is 11.6. The molecule has 0 aliphatic rings. The molecule has 0 saturated carbocycles. The van der Waals surface area contributed by atoms with E-state index in [0.29, 0.717) is 17.2 Å². The second kappa shape index (κ2) is 8.16. The van der Waals surface area contributed by atoms with Crippen LogP contribution in [-0.4, -0.2) is 35.9 Å². The average molecular weight is 371 g/mol. The highest BCUT2D eigenvalue weighted by Crippen LogP contribution is 2.37. The maximum Gasteiger partial charge on any atom is 0.360 e. The van der Waals surface area contributed by atoms with Gasteiger partial charge in [0.15, 0.2) is 5.71 Å². The monoisotopic (exact) mass is 371 g/mol. The van der Waals surface area contributed by atoms with Gasteiger partial charge in [-0.15, -0.1) is 0 Å². The Kier molecular flexibility index (Phi) is 6.15. The van der Waals surface area contributed by atoms with Crippen LogP contribution >= 0.6 is 0 Å². The molecule has 7 heteroatoms. The fourth-order valence-electron chi connectivity index (χ4n) is 2.78. The van der Waals surface area contributed by atoms with Crippen molar-refractivity contribution in [3.8, 4) is 11.6 Å². The molecule has 0 atom stereocenters. The lowest BCUT2D eigenvalue weighted by molar-refractivity contribution is -0.132. The van der Waals surface area contributed by atoms with E-state index in [1.54, 1.807) is 0 Å². The van der Waals surface area contributed by atoms with Crippen molar-refractivity contribution < 1.29 is 19.1 Å². The van der Waals surface area contributed by atoms with Gasteiger partial charge in [0, 0.05) is 11.3 Å². The van der Waals surface area contributed by atoms with Crippen molar-refractivity contribution in [3.05, 3.63) is 45.4 Å². The van der Waals surface area contributed by atoms with Crippen LogP contribution in [0.3, 0.4) is 0 Å². The Morgan fingerprint density at radius 1 is 0.889 bits per heavy atom. The third-order valence-electron chi connectivity index (χ3n) is 4.92. The molecule has 0 radical (unpaired) electrons. The van der Waals surface area contributed by atoms with Crippen LogP contribution in [0, 0.1) is 41.5 Å². The number of benzene rings is 1. The Balaban J connectivity index is 2.81. The number of methoxy groups -OCH3 is 1. The van der Waals surface area contributed by atoms with Gasteiger partial charge in [-0.25, -0.2) is 14.8 Å². The van der Waals surface area contributed by atoms with Crippen molar-refractivity contribution in [2.24, 2.45) is 5.16 Å². The number of hydrogen-bond donors (Lipinski definition) is 0. The molecule has 144 valence electrons. The predicted octanol–water partition coefficient (Wildman–Crippen LogP) is 3.64. The highest BCUT2D eigenvalue weighted by atomic mass is 16.6. The van der Waals surface area contributed by atoms with Crippen LogP contribution in [0.5, 0.6) is 11.6 Å². The Bertz CT molecular complexity index is 920. The van der Waals surface area contributed by atoms with E-state index >= 15 is 0 Å². The summed E-state index contributed by atoms with van der Waals surface area (Å²) in [6.07, 6.45) is 1.45. The maximum atomic E-state index is 12.4. The summed E-state index contributed by atoms with van der Waals surface area (Å²) in [5.74, 6) is 0.317. The zero-order chi connectivity index (χ0) is 20.3. The lowest BCUT2D eigenvalue weighted by Gasteiger charge is -2.21. The molecule has 2 aromatic rings. The van der Waals surface area contributed by atoms with Gasteiger partial charge in [-0.1, -0.05) is 5.16 Å². The largest absolute Gasteiger partial charge is 0.464 e. The van der Waals surface area contributed by atoms with Crippen molar-refractivity contribution in [1.29, 1.82) is 0 Å². The minimum absolute atomic E-state index is 0.0436. The van der Waals surface area contributed by atoms with E-state index in [-0.39, 0.29) is 5.71 Å². The SMILES string of the molecule is CO/N=C(/C(=O)OC)c1c(C)c(C)c(C)c(C)c1Oc1ncnc(C)c1C. The molecule has 0 bridgehead atoms. The standard InChI is InChI=1S/C20H25N3O4/c1-10-11(2)13(4)18(27-19-14(5)15(6)21-9-22-19)16(12(10)3)17(23-26-8)20(24)25-7/h9H,1-8H3/b23-17+. The summed E-state index contributed by atoms with van der Waals surface area (Å²) in [5, 5.41) is 3.91. The van der Waals surface area contributed by atoms with E-state index in [1.807, 2.05) is 41.5 Å². The number of aryl methyl sites for hydroxylation is 1. The van der Waals surface area contributed by atoms with E-state index in [2.05, 4.69) is 15.1 Å². The molecule has 1 aromatic carbocycles. The molecular weight excluding hydrogens is 346 g/mol. The summed E-state index contributed by atoms with van der Waals surface area (Å²) in [6, 6.07) is 0. The van der Waals surface area contributed by atoms with Crippen LogP contribution in [0.2, 0.25) is 0 Å². The number of ether oxygens (including phenoxy) is 2. The molecule has 27 heavy (non-hydrogen) atoms. The lowest BCUT2D eigenvalue weighted by Crippen LogP contribution is -2.21. The van der Waals surface area contributed by atoms with Gasteiger partial charge < -0.3 is 14.3 Å². The summed E-state index contributed by atoms with van der Waals surface area (Å²) in [5.41, 5.74) is 6.06. The van der Waals surface area contributed by atoms with Crippen LogP contribution in [0.1, 0.15) is 39.1 Å². The van der Waals surface area contributed by atoms with Crippen molar-refractivity contribution in [2.45, 2.75) is 41.5 Å². The highest BCUT2D eigenvalue weighted by molar-refractivity contribution is 6.44. The second-order valence-corrected chi connectivity index (χ2v) is 6.31. The molecule has 0 aliphatic carbocycles. The molecule has 0 N–H and O–H groups in total. The molecule has 1 aromatic heterocycles. The molecule has 2 rings (SSSR count). The first kappa shape index (κ1) is 20.4. The molecule has 0 saturated heterocycles. The molecule has 0 spiro atoms. The second-order valence-electron chi connectivity index (χ2n) is 6.31. The Morgan fingerprint density at radius 3 is 2.11 bits per heavy atom. The van der Waals surface area contributed by atoms with E-state index in [0.717, 1.165) is 33.5 Å². The van der Waals surface area contributed by atoms with E-state index in [1.165, 1.54) is 20.5 Å². The number of hydrogen-bond acceptors (Lipinski definition) is 7. The minimum atomic E-state index is -0.608. The summed E-state index contributed by atoms with van der Waals surface area (Å²) >= 11 is 0. The van der Waals surface area contributed by atoms with E-state index in [9.17, 15) is 4.79 Å². The van der Waals surface area contributed by atoms with Gasteiger partial charge in [-0.05, 0) is 63.8 Å². The first-order chi connectivity index (χ1) is 12.7. The average Bonchev–Trinajstić information content (AvgIpc) is 2.66. The van der Waals surface area contributed by atoms with Crippen LogP contribution < -0.4 is 4.74 Å². The summed E-state index contributed by atoms with van der Waals surface area (Å²) in [4.78, 5) is 25.7. The topological polar surface area (TPSA) is 82.9 Å². The van der Waals surface area contributed by atoms with Crippen LogP contribution in [-0.2, 0) is 14.4 Å². The van der Waals surface area contributed by atoms with Crippen molar-refractivity contribution in [1.82, 2.24) is 9.97 Å². The molecule has 0 amide bonds. The number of rotatable bonds is 5. The predicted molar refractivity (Wildman–Crippen MR) is 103 cm³/mol. The quantitative estimate of drug-likeness (QED) is 0.453. The number of carbonyl (C=O) groups is 1. The maximum absolute atomic E-state index is 12.4. The molecule has 0 fully saturated rings. The number of aromatic nitrogens is 2.